The third-order valence-electron chi connectivity index (χ3n) is 9.51. The second-order valence-corrected chi connectivity index (χ2v) is 10.4. The number of hydrogen-bond acceptors (Lipinski definition) is 5. The summed E-state index contributed by atoms with van der Waals surface area (Å²) in [5.74, 6) is 1.29. The molecule has 0 spiro atoms. The van der Waals surface area contributed by atoms with Crippen LogP contribution in [0, 0.1) is 34.5 Å². The van der Waals surface area contributed by atoms with E-state index < -0.39 is 29.8 Å². The van der Waals surface area contributed by atoms with Gasteiger partial charge in [0, 0.05) is 5.41 Å². The van der Waals surface area contributed by atoms with Crippen molar-refractivity contribution >= 4 is 0 Å². The summed E-state index contributed by atoms with van der Waals surface area (Å²) < 4.78 is 0. The first-order valence-electron chi connectivity index (χ1n) is 10.5. The van der Waals surface area contributed by atoms with Gasteiger partial charge in [-0.2, -0.15) is 0 Å². The van der Waals surface area contributed by atoms with Crippen LogP contribution in [0.1, 0.15) is 65.2 Å². The molecule has 0 radical (unpaired) electrons. The smallest absolute Gasteiger partial charge is 0.106 e. The molecular weight excluding hydrogens is 332 g/mol. The average Bonchev–Trinajstić information content (AvgIpc) is 2.86. The third-order valence-corrected chi connectivity index (χ3v) is 9.51. The molecule has 0 aliphatic heterocycles. The van der Waals surface area contributed by atoms with Gasteiger partial charge in [0.05, 0.1) is 24.4 Å². The van der Waals surface area contributed by atoms with E-state index in [0.717, 1.165) is 38.5 Å². The molecule has 0 aromatic carbocycles. The SMILES string of the molecule is C[C@]12C[C@H](O)C3[C@@H](CC[C@@H]4C[C@H](O)CC[C@]34C)[C@@H]1CC[C@@]2(O)[C@@H](O)CO. The van der Waals surface area contributed by atoms with E-state index >= 15 is 0 Å². The van der Waals surface area contributed by atoms with E-state index in [1.165, 1.54) is 0 Å². The van der Waals surface area contributed by atoms with Crippen molar-refractivity contribution in [3.63, 3.8) is 0 Å². The lowest BCUT2D eigenvalue weighted by molar-refractivity contribution is -0.224. The van der Waals surface area contributed by atoms with E-state index in [9.17, 15) is 25.5 Å². The Balaban J connectivity index is 1.68. The Morgan fingerprint density at radius 1 is 1.04 bits per heavy atom. The van der Waals surface area contributed by atoms with Crippen molar-refractivity contribution in [2.75, 3.05) is 6.61 Å². The maximum atomic E-state index is 11.3. The topological polar surface area (TPSA) is 101 Å². The van der Waals surface area contributed by atoms with Gasteiger partial charge in [0.1, 0.15) is 6.10 Å². The molecule has 0 heterocycles. The molecule has 4 aliphatic rings. The first-order chi connectivity index (χ1) is 12.2. The molecule has 4 fully saturated rings. The fourth-order valence-electron chi connectivity index (χ4n) is 8.10. The molecule has 5 N–H and O–H groups in total. The minimum atomic E-state index is -1.32. The highest BCUT2D eigenvalue weighted by molar-refractivity contribution is 5.17. The largest absolute Gasteiger partial charge is 0.394 e. The van der Waals surface area contributed by atoms with Crippen LogP contribution in [-0.2, 0) is 0 Å². The molecule has 4 saturated carbocycles. The molecule has 5 nitrogen and oxygen atoms in total. The summed E-state index contributed by atoms with van der Waals surface area (Å²) in [4.78, 5) is 0. The van der Waals surface area contributed by atoms with Crippen molar-refractivity contribution in [2.45, 2.75) is 89.1 Å². The van der Waals surface area contributed by atoms with Crippen molar-refractivity contribution in [1.29, 1.82) is 0 Å². The molecule has 0 aromatic rings. The molecule has 0 aromatic heterocycles. The second-order valence-electron chi connectivity index (χ2n) is 10.4. The van der Waals surface area contributed by atoms with Crippen LogP contribution in [0.5, 0.6) is 0 Å². The van der Waals surface area contributed by atoms with Gasteiger partial charge >= 0.3 is 0 Å². The number of aliphatic hydroxyl groups excluding tert-OH is 4. The monoisotopic (exact) mass is 368 g/mol. The Bertz CT molecular complexity index is 555. The van der Waals surface area contributed by atoms with E-state index in [-0.39, 0.29) is 23.4 Å². The normalized spacial score (nSPS) is 57.8. The van der Waals surface area contributed by atoms with E-state index in [1.54, 1.807) is 0 Å². The molecule has 0 amide bonds. The number of rotatable bonds is 2. The molecule has 5 heteroatoms. The third kappa shape index (κ3) is 2.33. The first kappa shape index (κ1) is 19.1. The van der Waals surface area contributed by atoms with Crippen LogP contribution in [-0.4, -0.2) is 56.1 Å². The molecule has 4 aliphatic carbocycles. The highest BCUT2D eigenvalue weighted by Gasteiger charge is 2.68. The van der Waals surface area contributed by atoms with Crippen molar-refractivity contribution in [3.05, 3.63) is 0 Å². The molecule has 1 unspecified atom stereocenters. The van der Waals surface area contributed by atoms with Crippen LogP contribution in [0.4, 0.5) is 0 Å². The Morgan fingerprint density at radius 3 is 2.46 bits per heavy atom. The summed E-state index contributed by atoms with van der Waals surface area (Å²) in [5.41, 5.74) is -1.83. The van der Waals surface area contributed by atoms with Gasteiger partial charge in [-0.1, -0.05) is 13.8 Å². The van der Waals surface area contributed by atoms with Gasteiger partial charge in [0.2, 0.25) is 0 Å². The van der Waals surface area contributed by atoms with Crippen molar-refractivity contribution in [1.82, 2.24) is 0 Å². The van der Waals surface area contributed by atoms with Crippen LogP contribution < -0.4 is 0 Å². The zero-order chi connectivity index (χ0) is 18.9. The molecule has 10 atom stereocenters. The van der Waals surface area contributed by atoms with Crippen LogP contribution >= 0.6 is 0 Å². The van der Waals surface area contributed by atoms with Gasteiger partial charge in [-0.25, -0.2) is 0 Å². The Morgan fingerprint density at radius 2 is 1.77 bits per heavy atom. The zero-order valence-electron chi connectivity index (χ0n) is 16.1. The summed E-state index contributed by atoms with van der Waals surface area (Å²) in [7, 11) is 0. The van der Waals surface area contributed by atoms with Crippen molar-refractivity contribution in [2.24, 2.45) is 34.5 Å². The fourth-order valence-corrected chi connectivity index (χ4v) is 8.10. The summed E-state index contributed by atoms with van der Waals surface area (Å²) in [6.07, 6.45) is 4.70. The molecule has 0 saturated heterocycles. The van der Waals surface area contributed by atoms with Gasteiger partial charge in [-0.15, -0.1) is 0 Å². The number of aliphatic hydroxyl groups is 5. The average molecular weight is 369 g/mol. The summed E-state index contributed by atoms with van der Waals surface area (Å²) >= 11 is 0. The maximum absolute atomic E-state index is 11.3. The molecule has 4 rings (SSSR count). The number of fused-ring (bicyclic) bond motifs is 5. The fraction of sp³-hybridized carbons (Fsp3) is 1.00. The van der Waals surface area contributed by atoms with Gasteiger partial charge < -0.3 is 25.5 Å². The minimum absolute atomic E-state index is 0.0548. The molecular formula is C21H36O5. The summed E-state index contributed by atoms with van der Waals surface area (Å²) in [6.45, 7) is 3.89. The highest BCUT2D eigenvalue weighted by atomic mass is 16.4. The summed E-state index contributed by atoms with van der Waals surface area (Å²) in [6, 6.07) is 0. The highest BCUT2D eigenvalue weighted by Crippen LogP contribution is 2.68. The van der Waals surface area contributed by atoms with Gasteiger partial charge in [0.25, 0.3) is 0 Å². The minimum Gasteiger partial charge on any atom is -0.394 e. The molecule has 0 bridgehead atoms. The quantitative estimate of drug-likeness (QED) is 0.508. The second kappa shape index (κ2) is 6.15. The lowest BCUT2D eigenvalue weighted by atomic mass is 9.43. The molecule has 26 heavy (non-hydrogen) atoms. The van der Waals surface area contributed by atoms with Crippen molar-refractivity contribution in [3.8, 4) is 0 Å². The van der Waals surface area contributed by atoms with E-state index in [2.05, 4.69) is 6.92 Å². The lowest BCUT2D eigenvalue weighted by Crippen LogP contribution is -2.64. The molecule has 150 valence electrons. The first-order valence-corrected chi connectivity index (χ1v) is 10.5. The lowest BCUT2D eigenvalue weighted by Gasteiger charge is -2.63. The maximum Gasteiger partial charge on any atom is 0.106 e. The van der Waals surface area contributed by atoms with E-state index in [1.807, 2.05) is 6.92 Å². The van der Waals surface area contributed by atoms with E-state index in [0.29, 0.717) is 24.7 Å². The van der Waals surface area contributed by atoms with Crippen LogP contribution in [0.15, 0.2) is 0 Å². The van der Waals surface area contributed by atoms with E-state index in [4.69, 9.17) is 0 Å². The standard InChI is InChI=1S/C21H36O5/c1-19-7-5-13(23)9-12(19)3-4-14-15-6-8-21(26,17(25)11-22)20(15,2)10-16(24)18(14)19/h12-18,22-26H,3-11H2,1-2H3/t12-,13-,14+,15+,16+,17+,18?,19+,20+,21-/m1/s1. The Kier molecular flexibility index (Phi) is 4.52. The van der Waals surface area contributed by atoms with Gasteiger partial charge in [-0.05, 0) is 80.5 Å². The summed E-state index contributed by atoms with van der Waals surface area (Å²) in [5, 5.41) is 52.5. The van der Waals surface area contributed by atoms with Crippen LogP contribution in [0.3, 0.4) is 0 Å². The predicted molar refractivity (Wildman–Crippen MR) is 97.2 cm³/mol. The van der Waals surface area contributed by atoms with Gasteiger partial charge in [0.15, 0.2) is 0 Å². The number of hydrogen-bond donors (Lipinski definition) is 5. The van der Waals surface area contributed by atoms with Crippen LogP contribution in [0.2, 0.25) is 0 Å². The Hall–Kier alpha value is -0.200. The Labute approximate surface area is 156 Å². The van der Waals surface area contributed by atoms with Crippen molar-refractivity contribution < 1.29 is 25.5 Å². The van der Waals surface area contributed by atoms with Crippen LogP contribution in [0.25, 0.3) is 0 Å². The predicted octanol–water partition coefficient (Wildman–Crippen LogP) is 1.45. The van der Waals surface area contributed by atoms with Gasteiger partial charge in [-0.3, -0.25) is 0 Å². The zero-order valence-corrected chi connectivity index (χ0v) is 16.1.